The Kier molecular flexibility index (Phi) is 5.07. The van der Waals surface area contributed by atoms with Crippen molar-refractivity contribution in [2.24, 2.45) is 0 Å². The molecule has 0 aliphatic heterocycles. The Balaban J connectivity index is 1.64. The normalized spacial score (nSPS) is 10.5. The van der Waals surface area contributed by atoms with Gasteiger partial charge in [0.05, 0.1) is 18.3 Å². The molecular weight excluding hydrogens is 332 g/mol. The monoisotopic (exact) mass is 350 g/mol. The lowest BCUT2D eigenvalue weighted by Crippen LogP contribution is -2.18. The number of fused-ring (bicyclic) bond motifs is 1. The first-order valence-electron chi connectivity index (χ1n) is 8.15. The number of benzene rings is 2. The molecule has 0 radical (unpaired) electrons. The van der Waals surface area contributed by atoms with Crippen LogP contribution in [-0.4, -0.2) is 21.6 Å². The molecule has 26 heavy (non-hydrogen) atoms. The van der Waals surface area contributed by atoms with Crippen LogP contribution in [0.3, 0.4) is 0 Å². The highest BCUT2D eigenvalue weighted by atomic mass is 16.2. The highest BCUT2D eigenvalue weighted by Crippen LogP contribution is 2.14. The number of carbonyl (C=O) groups is 2. The van der Waals surface area contributed by atoms with Gasteiger partial charge in [-0.25, -0.2) is 0 Å². The molecule has 7 heteroatoms. The summed E-state index contributed by atoms with van der Waals surface area (Å²) >= 11 is 0. The number of amides is 2. The third kappa shape index (κ3) is 4.13. The predicted octanol–water partition coefficient (Wildman–Crippen LogP) is 2.38. The summed E-state index contributed by atoms with van der Waals surface area (Å²) < 4.78 is 1.65. The van der Waals surface area contributed by atoms with Crippen molar-refractivity contribution in [1.82, 2.24) is 9.78 Å². The topological polar surface area (TPSA) is 93.1 Å². The standard InChI is InChI=1S/C19H18N4O3/c1-13(24)21-14-6-8-15(9-7-14)22-19(26)10-11-23-17-5-3-2-4-16(17)18(25)12-20-23/h2-9,12H,10-11H2,1H3,(H,21,24)(H,22,26). The molecule has 3 aromatic rings. The number of nitrogens with zero attached hydrogens (tertiary/aromatic N) is 2. The summed E-state index contributed by atoms with van der Waals surface area (Å²) in [5.41, 5.74) is 1.87. The molecule has 0 aliphatic rings. The van der Waals surface area contributed by atoms with Crippen LogP contribution in [0.5, 0.6) is 0 Å². The van der Waals surface area contributed by atoms with Gasteiger partial charge in [0.25, 0.3) is 0 Å². The lowest BCUT2D eigenvalue weighted by atomic mass is 10.2. The number of hydrogen-bond acceptors (Lipinski definition) is 4. The van der Waals surface area contributed by atoms with Gasteiger partial charge in [-0.1, -0.05) is 12.1 Å². The minimum Gasteiger partial charge on any atom is -0.326 e. The van der Waals surface area contributed by atoms with Crippen LogP contribution < -0.4 is 16.1 Å². The predicted molar refractivity (Wildman–Crippen MR) is 100.0 cm³/mol. The van der Waals surface area contributed by atoms with E-state index < -0.39 is 0 Å². The van der Waals surface area contributed by atoms with Crippen LogP contribution in [0.15, 0.2) is 59.5 Å². The van der Waals surface area contributed by atoms with Crippen LogP contribution in [0, 0.1) is 0 Å². The molecule has 0 saturated carbocycles. The first kappa shape index (κ1) is 17.3. The molecule has 0 bridgehead atoms. The van der Waals surface area contributed by atoms with Crippen LogP contribution >= 0.6 is 0 Å². The molecule has 1 aromatic heterocycles. The SMILES string of the molecule is CC(=O)Nc1ccc(NC(=O)CCn2ncc(=O)c3ccccc32)cc1. The summed E-state index contributed by atoms with van der Waals surface area (Å²) in [6.45, 7) is 1.79. The van der Waals surface area contributed by atoms with Gasteiger partial charge in [-0.3, -0.25) is 19.1 Å². The van der Waals surface area contributed by atoms with Gasteiger partial charge in [0.2, 0.25) is 17.2 Å². The van der Waals surface area contributed by atoms with Gasteiger partial charge in [0.15, 0.2) is 0 Å². The van der Waals surface area contributed by atoms with E-state index in [2.05, 4.69) is 15.7 Å². The van der Waals surface area contributed by atoms with Crippen molar-refractivity contribution < 1.29 is 9.59 Å². The van der Waals surface area contributed by atoms with E-state index in [0.717, 1.165) is 0 Å². The Morgan fingerprint density at radius 2 is 1.65 bits per heavy atom. The van der Waals surface area contributed by atoms with Crippen molar-refractivity contribution in [2.45, 2.75) is 19.9 Å². The fraction of sp³-hybridized carbons (Fsp3) is 0.158. The number of rotatable bonds is 5. The number of hydrogen-bond donors (Lipinski definition) is 2. The number of para-hydroxylation sites is 1. The molecule has 0 saturated heterocycles. The first-order valence-corrected chi connectivity index (χ1v) is 8.15. The van der Waals surface area contributed by atoms with Crippen LogP contribution in [0.1, 0.15) is 13.3 Å². The van der Waals surface area contributed by atoms with Crippen molar-refractivity contribution in [3.8, 4) is 0 Å². The van der Waals surface area contributed by atoms with E-state index >= 15 is 0 Å². The lowest BCUT2D eigenvalue weighted by Gasteiger charge is -2.10. The third-order valence-corrected chi connectivity index (χ3v) is 3.80. The van der Waals surface area contributed by atoms with Gasteiger partial charge in [-0.05, 0) is 36.4 Å². The van der Waals surface area contributed by atoms with E-state index in [0.29, 0.717) is 28.8 Å². The number of aromatic nitrogens is 2. The van der Waals surface area contributed by atoms with Gasteiger partial charge in [-0.15, -0.1) is 0 Å². The van der Waals surface area contributed by atoms with Gasteiger partial charge in [-0.2, -0.15) is 5.10 Å². The molecule has 7 nitrogen and oxygen atoms in total. The maximum absolute atomic E-state index is 12.2. The Bertz CT molecular complexity index is 1010. The molecule has 0 spiro atoms. The summed E-state index contributed by atoms with van der Waals surface area (Å²) in [5, 5.41) is 10.2. The summed E-state index contributed by atoms with van der Waals surface area (Å²) in [6, 6.07) is 14.0. The molecule has 2 aromatic carbocycles. The zero-order valence-corrected chi connectivity index (χ0v) is 14.2. The quantitative estimate of drug-likeness (QED) is 0.739. The fourth-order valence-corrected chi connectivity index (χ4v) is 2.61. The van der Waals surface area contributed by atoms with Crippen LogP contribution in [-0.2, 0) is 16.1 Å². The van der Waals surface area contributed by atoms with E-state index in [1.165, 1.54) is 13.1 Å². The molecule has 0 atom stereocenters. The summed E-state index contributed by atoms with van der Waals surface area (Å²) in [7, 11) is 0. The average Bonchev–Trinajstić information content (AvgIpc) is 2.63. The Hall–Kier alpha value is -3.48. The Labute approximate surface area is 149 Å². The molecule has 3 rings (SSSR count). The third-order valence-electron chi connectivity index (χ3n) is 3.80. The van der Waals surface area contributed by atoms with Crippen molar-refractivity contribution >= 4 is 34.1 Å². The van der Waals surface area contributed by atoms with E-state index in [9.17, 15) is 14.4 Å². The fourth-order valence-electron chi connectivity index (χ4n) is 2.61. The van der Waals surface area contributed by atoms with Crippen molar-refractivity contribution in [1.29, 1.82) is 0 Å². The second-order valence-electron chi connectivity index (χ2n) is 5.81. The molecule has 0 aliphatic carbocycles. The zero-order chi connectivity index (χ0) is 18.5. The lowest BCUT2D eigenvalue weighted by molar-refractivity contribution is -0.116. The molecule has 132 valence electrons. The Morgan fingerprint density at radius 3 is 2.35 bits per heavy atom. The van der Waals surface area contributed by atoms with Gasteiger partial charge < -0.3 is 10.6 Å². The minimum absolute atomic E-state index is 0.138. The van der Waals surface area contributed by atoms with Crippen LogP contribution in [0.4, 0.5) is 11.4 Å². The summed E-state index contributed by atoms with van der Waals surface area (Å²) in [6.07, 6.45) is 1.48. The molecular formula is C19H18N4O3. The minimum atomic E-state index is -0.165. The number of nitrogens with one attached hydrogen (secondary N) is 2. The zero-order valence-electron chi connectivity index (χ0n) is 14.2. The summed E-state index contributed by atoms with van der Waals surface area (Å²) in [5.74, 6) is -0.315. The highest BCUT2D eigenvalue weighted by Gasteiger charge is 2.07. The molecule has 1 heterocycles. The second kappa shape index (κ2) is 7.60. The van der Waals surface area contributed by atoms with Gasteiger partial charge >= 0.3 is 0 Å². The van der Waals surface area contributed by atoms with Crippen molar-refractivity contribution in [2.75, 3.05) is 10.6 Å². The summed E-state index contributed by atoms with van der Waals surface area (Å²) in [4.78, 5) is 35.0. The molecule has 0 unspecified atom stereocenters. The highest BCUT2D eigenvalue weighted by molar-refractivity contribution is 5.92. The number of aryl methyl sites for hydroxylation is 1. The van der Waals surface area contributed by atoms with Crippen LogP contribution in [0.2, 0.25) is 0 Å². The number of anilines is 2. The van der Waals surface area contributed by atoms with Gasteiger partial charge in [0.1, 0.15) is 0 Å². The van der Waals surface area contributed by atoms with E-state index in [1.807, 2.05) is 12.1 Å². The first-order chi connectivity index (χ1) is 12.5. The maximum Gasteiger partial charge on any atom is 0.226 e. The average molecular weight is 350 g/mol. The van der Waals surface area contributed by atoms with Crippen molar-refractivity contribution in [3.05, 3.63) is 65.0 Å². The second-order valence-corrected chi connectivity index (χ2v) is 5.81. The smallest absolute Gasteiger partial charge is 0.226 e. The Morgan fingerprint density at radius 1 is 1.00 bits per heavy atom. The largest absolute Gasteiger partial charge is 0.326 e. The van der Waals surface area contributed by atoms with Crippen LogP contribution in [0.25, 0.3) is 10.9 Å². The van der Waals surface area contributed by atoms with E-state index in [1.54, 1.807) is 41.1 Å². The maximum atomic E-state index is 12.2. The van der Waals surface area contributed by atoms with E-state index in [-0.39, 0.29) is 23.7 Å². The van der Waals surface area contributed by atoms with Gasteiger partial charge in [0, 0.05) is 30.1 Å². The molecule has 0 fully saturated rings. The molecule has 2 amide bonds. The number of carbonyl (C=O) groups excluding carboxylic acids is 2. The van der Waals surface area contributed by atoms with E-state index in [4.69, 9.17) is 0 Å². The van der Waals surface area contributed by atoms with Crippen molar-refractivity contribution in [3.63, 3.8) is 0 Å². The molecule has 2 N–H and O–H groups in total.